The fraction of sp³-hybridized carbons (Fsp3) is 0.316. The van der Waals surface area contributed by atoms with Crippen LogP contribution in [0.5, 0.6) is 0 Å². The Morgan fingerprint density at radius 1 is 1.04 bits per heavy atom. The molecular weight excluding hydrogens is 357 g/mol. The van der Waals surface area contributed by atoms with Crippen LogP contribution in [0, 0.1) is 0 Å². The maximum Gasteiger partial charge on any atom is 0.416 e. The zero-order chi connectivity index (χ0) is 19.0. The van der Waals surface area contributed by atoms with Crippen LogP contribution in [0.1, 0.15) is 37.3 Å². The number of aromatic nitrogens is 3. The van der Waals surface area contributed by atoms with E-state index in [1.165, 1.54) is 18.2 Å². The number of nitrogens with zero attached hydrogens (tertiary/aromatic N) is 3. The lowest BCUT2D eigenvalue weighted by Gasteiger charge is -2.16. The summed E-state index contributed by atoms with van der Waals surface area (Å²) < 4.78 is 39.7. The minimum Gasteiger partial charge on any atom is -0.324 e. The van der Waals surface area contributed by atoms with E-state index in [2.05, 4.69) is 15.3 Å². The van der Waals surface area contributed by atoms with Crippen LogP contribution in [0.3, 0.4) is 0 Å². The van der Waals surface area contributed by atoms with Crippen LogP contribution in [-0.2, 0) is 6.18 Å². The van der Waals surface area contributed by atoms with Gasteiger partial charge in [0.15, 0.2) is 0 Å². The molecule has 27 heavy (non-hydrogen) atoms. The van der Waals surface area contributed by atoms with Gasteiger partial charge in [-0.25, -0.2) is 4.98 Å². The van der Waals surface area contributed by atoms with Crippen molar-refractivity contribution in [2.45, 2.75) is 37.9 Å². The lowest BCUT2D eigenvalue weighted by molar-refractivity contribution is -0.137. The van der Waals surface area contributed by atoms with Gasteiger partial charge in [0.05, 0.1) is 5.56 Å². The topological polar surface area (TPSA) is 59.8 Å². The molecule has 1 saturated carbocycles. The summed E-state index contributed by atoms with van der Waals surface area (Å²) in [5.41, 5.74) is 0.156. The van der Waals surface area contributed by atoms with Crippen molar-refractivity contribution < 1.29 is 13.2 Å². The van der Waals surface area contributed by atoms with Gasteiger partial charge in [0.2, 0.25) is 5.95 Å². The first-order valence-corrected chi connectivity index (χ1v) is 8.74. The Balaban J connectivity index is 1.68. The number of alkyl halides is 3. The Kier molecular flexibility index (Phi) is 4.33. The molecule has 5 nitrogen and oxygen atoms in total. The molecule has 1 fully saturated rings. The van der Waals surface area contributed by atoms with E-state index in [-0.39, 0.29) is 17.5 Å². The summed E-state index contributed by atoms with van der Waals surface area (Å²) in [5, 5.41) is 3.66. The summed E-state index contributed by atoms with van der Waals surface area (Å²) in [7, 11) is 0. The van der Waals surface area contributed by atoms with Crippen molar-refractivity contribution in [1.29, 1.82) is 0 Å². The first kappa shape index (κ1) is 17.5. The number of hydrogen-bond acceptors (Lipinski definition) is 4. The highest BCUT2D eigenvalue weighted by molar-refractivity contribution is 5.75. The van der Waals surface area contributed by atoms with Gasteiger partial charge in [0, 0.05) is 29.4 Å². The van der Waals surface area contributed by atoms with Crippen molar-refractivity contribution in [2.75, 3.05) is 5.32 Å². The summed E-state index contributed by atoms with van der Waals surface area (Å²) in [4.78, 5) is 21.1. The third kappa shape index (κ3) is 3.51. The highest BCUT2D eigenvalue weighted by Crippen LogP contribution is 2.31. The number of fused-ring (bicyclic) bond motifs is 1. The quantitative estimate of drug-likeness (QED) is 0.724. The van der Waals surface area contributed by atoms with E-state index in [4.69, 9.17) is 0 Å². The zero-order valence-electron chi connectivity index (χ0n) is 14.3. The van der Waals surface area contributed by atoms with E-state index in [9.17, 15) is 18.0 Å². The number of anilines is 2. The Morgan fingerprint density at radius 3 is 2.41 bits per heavy atom. The Morgan fingerprint density at radius 2 is 1.74 bits per heavy atom. The summed E-state index contributed by atoms with van der Waals surface area (Å²) >= 11 is 0. The molecule has 0 radical (unpaired) electrons. The number of rotatable bonds is 3. The lowest BCUT2D eigenvalue weighted by atomic mass is 10.2. The second-order valence-electron chi connectivity index (χ2n) is 6.65. The molecule has 1 aliphatic carbocycles. The van der Waals surface area contributed by atoms with E-state index in [1.54, 1.807) is 16.8 Å². The van der Waals surface area contributed by atoms with Crippen molar-refractivity contribution >= 4 is 22.7 Å². The number of halogens is 3. The van der Waals surface area contributed by atoms with Crippen molar-refractivity contribution in [3.8, 4) is 0 Å². The third-order valence-corrected chi connectivity index (χ3v) is 4.83. The molecule has 140 valence electrons. The third-order valence-electron chi connectivity index (χ3n) is 4.83. The molecule has 0 bridgehead atoms. The van der Waals surface area contributed by atoms with Crippen molar-refractivity contribution in [3.05, 3.63) is 58.5 Å². The molecule has 0 atom stereocenters. The fourth-order valence-electron chi connectivity index (χ4n) is 3.49. The number of pyridine rings is 1. The predicted octanol–water partition coefficient (Wildman–Crippen LogP) is 4.67. The van der Waals surface area contributed by atoms with Crippen LogP contribution in [-0.4, -0.2) is 14.5 Å². The largest absolute Gasteiger partial charge is 0.416 e. The van der Waals surface area contributed by atoms with Crippen LogP contribution in [0.15, 0.2) is 47.4 Å². The molecule has 3 aromatic rings. The van der Waals surface area contributed by atoms with Gasteiger partial charge >= 0.3 is 6.18 Å². The molecule has 1 aromatic carbocycles. The molecule has 0 spiro atoms. The van der Waals surface area contributed by atoms with Gasteiger partial charge in [-0.1, -0.05) is 12.8 Å². The average molecular weight is 374 g/mol. The minimum absolute atomic E-state index is 0.103. The minimum atomic E-state index is -4.38. The van der Waals surface area contributed by atoms with Crippen LogP contribution in [0.4, 0.5) is 24.8 Å². The number of benzene rings is 1. The van der Waals surface area contributed by atoms with E-state index < -0.39 is 11.7 Å². The van der Waals surface area contributed by atoms with Gasteiger partial charge in [0.25, 0.3) is 5.56 Å². The normalized spacial score (nSPS) is 15.4. The highest BCUT2D eigenvalue weighted by Gasteiger charge is 2.30. The monoisotopic (exact) mass is 374 g/mol. The molecule has 2 aromatic heterocycles. The average Bonchev–Trinajstić information content (AvgIpc) is 3.15. The maximum absolute atomic E-state index is 12.7. The van der Waals surface area contributed by atoms with Gasteiger partial charge in [-0.3, -0.25) is 9.36 Å². The van der Waals surface area contributed by atoms with Crippen molar-refractivity contribution in [1.82, 2.24) is 14.5 Å². The van der Waals surface area contributed by atoms with Crippen LogP contribution in [0.2, 0.25) is 0 Å². The van der Waals surface area contributed by atoms with Gasteiger partial charge in [-0.05, 0) is 43.2 Å². The zero-order valence-corrected chi connectivity index (χ0v) is 14.3. The number of nitrogens with one attached hydrogen (secondary N) is 1. The number of hydrogen-bond donors (Lipinski definition) is 1. The van der Waals surface area contributed by atoms with Crippen molar-refractivity contribution in [2.24, 2.45) is 0 Å². The molecule has 0 unspecified atom stereocenters. The standard InChI is InChI=1S/C19H17F3N4O/c20-19(21,22)13-6-8-14(9-7-13)24-18-23-11-12-5-10-16(27)26(17(12)25-18)15-3-1-2-4-15/h5-11,15H,1-4H2,(H,23,24,25). The molecular formula is C19H17F3N4O. The smallest absolute Gasteiger partial charge is 0.324 e. The second-order valence-corrected chi connectivity index (χ2v) is 6.65. The summed E-state index contributed by atoms with van der Waals surface area (Å²) in [6.45, 7) is 0. The lowest BCUT2D eigenvalue weighted by Crippen LogP contribution is -2.23. The van der Waals surface area contributed by atoms with E-state index >= 15 is 0 Å². The van der Waals surface area contributed by atoms with Crippen LogP contribution < -0.4 is 10.9 Å². The van der Waals surface area contributed by atoms with Gasteiger partial charge in [0.1, 0.15) is 5.65 Å². The summed E-state index contributed by atoms with van der Waals surface area (Å²) in [5.74, 6) is 0.236. The van der Waals surface area contributed by atoms with Crippen LogP contribution in [0.25, 0.3) is 11.0 Å². The molecule has 8 heteroatoms. The molecule has 4 rings (SSSR count). The van der Waals surface area contributed by atoms with Crippen LogP contribution >= 0.6 is 0 Å². The molecule has 1 N–H and O–H groups in total. The van der Waals surface area contributed by atoms with Gasteiger partial charge < -0.3 is 5.32 Å². The van der Waals surface area contributed by atoms with Gasteiger partial charge in [-0.2, -0.15) is 18.2 Å². The van der Waals surface area contributed by atoms with Crippen molar-refractivity contribution in [3.63, 3.8) is 0 Å². The molecule has 1 aliphatic rings. The van der Waals surface area contributed by atoms with E-state index in [1.807, 2.05) is 0 Å². The molecule has 0 aliphatic heterocycles. The predicted molar refractivity (Wildman–Crippen MR) is 96.0 cm³/mol. The SMILES string of the molecule is O=c1ccc2cnc(Nc3ccc(C(F)(F)F)cc3)nc2n1C1CCCC1. The highest BCUT2D eigenvalue weighted by atomic mass is 19.4. The summed E-state index contributed by atoms with van der Waals surface area (Å²) in [6.07, 6.45) is 1.26. The molecule has 2 heterocycles. The van der Waals surface area contributed by atoms with E-state index in [0.29, 0.717) is 11.3 Å². The first-order valence-electron chi connectivity index (χ1n) is 8.74. The maximum atomic E-state index is 12.7. The fourth-order valence-corrected chi connectivity index (χ4v) is 3.49. The Bertz CT molecular complexity index is 1020. The molecule has 0 saturated heterocycles. The Labute approximate surface area is 152 Å². The first-order chi connectivity index (χ1) is 12.9. The second kappa shape index (κ2) is 6.68. The molecule has 0 amide bonds. The van der Waals surface area contributed by atoms with E-state index in [0.717, 1.165) is 43.2 Å². The van der Waals surface area contributed by atoms with Gasteiger partial charge in [-0.15, -0.1) is 0 Å². The summed E-state index contributed by atoms with van der Waals surface area (Å²) in [6, 6.07) is 7.97. The Hall–Kier alpha value is -2.90.